The summed E-state index contributed by atoms with van der Waals surface area (Å²) in [7, 11) is 0. The number of nitro benzene ring substituents is 1. The van der Waals surface area contributed by atoms with Gasteiger partial charge in [-0.25, -0.2) is 4.68 Å². The van der Waals surface area contributed by atoms with Crippen molar-refractivity contribution in [2.75, 3.05) is 0 Å². The van der Waals surface area contributed by atoms with Crippen LogP contribution in [0, 0.1) is 10.1 Å². The Hall–Kier alpha value is -4.22. The average molecular weight is 528 g/mol. The number of rotatable bonds is 6. The van der Waals surface area contributed by atoms with Crippen molar-refractivity contribution in [1.82, 2.24) is 9.78 Å². The van der Waals surface area contributed by atoms with Gasteiger partial charge >= 0.3 is 0 Å². The summed E-state index contributed by atoms with van der Waals surface area (Å²) in [5, 5.41) is 19.5. The molecular formula is C32H34ClN3O2. The molecule has 0 radical (unpaired) electrons. The molecule has 1 heterocycles. The minimum absolute atomic E-state index is 0.0205. The van der Waals surface area contributed by atoms with Crippen molar-refractivity contribution in [2.45, 2.75) is 34.6 Å². The van der Waals surface area contributed by atoms with Crippen molar-refractivity contribution in [1.29, 1.82) is 0 Å². The lowest BCUT2D eigenvalue weighted by Crippen LogP contribution is -1.97. The summed E-state index contributed by atoms with van der Waals surface area (Å²) >= 11 is 6.44. The predicted molar refractivity (Wildman–Crippen MR) is 165 cm³/mol. The van der Waals surface area contributed by atoms with E-state index in [1.54, 1.807) is 23.0 Å². The Balaban J connectivity index is 0.000000773. The van der Waals surface area contributed by atoms with Gasteiger partial charge in [0.1, 0.15) is 0 Å². The van der Waals surface area contributed by atoms with Gasteiger partial charge in [0, 0.05) is 16.5 Å². The number of nitro groups is 1. The van der Waals surface area contributed by atoms with Gasteiger partial charge in [0.2, 0.25) is 0 Å². The highest BCUT2D eigenvalue weighted by Crippen LogP contribution is 2.34. The standard InChI is InChI=1S/C26H20ClN3O2.C4H8.C2H6/c1-4-18(3)29-24-12-13-25(30(31)32)26(22(24)16-28-29)17(2)8-7-11-21-14-19-9-5-6-10-20(19)15-23(21)27;1-3-4-2;1-2/h4-16H,1,3H2,2H3;3-4H,1-2H3;1-2H3/b11-7-,17-8+;4-3-;. The smallest absolute Gasteiger partial charge is 0.258 e. The maximum atomic E-state index is 11.7. The number of fused-ring (bicyclic) bond motifs is 2. The van der Waals surface area contributed by atoms with Crippen LogP contribution < -0.4 is 0 Å². The monoisotopic (exact) mass is 527 g/mol. The second-order valence-electron chi connectivity index (χ2n) is 8.00. The van der Waals surface area contributed by atoms with Crippen molar-refractivity contribution in [3.05, 3.63) is 125 Å². The van der Waals surface area contributed by atoms with Gasteiger partial charge in [-0.3, -0.25) is 10.1 Å². The fraction of sp³-hybridized carbons (Fsp3) is 0.156. The molecule has 0 atom stereocenters. The Morgan fingerprint density at radius 1 is 1.08 bits per heavy atom. The maximum absolute atomic E-state index is 11.7. The molecule has 0 bridgehead atoms. The fourth-order valence-corrected chi connectivity index (χ4v) is 3.94. The third-order valence-electron chi connectivity index (χ3n) is 5.65. The molecule has 0 unspecified atom stereocenters. The molecule has 1 aromatic heterocycles. The normalized spacial score (nSPS) is 11.3. The first-order chi connectivity index (χ1) is 18.3. The first kappa shape index (κ1) is 30.0. The van der Waals surface area contributed by atoms with Gasteiger partial charge in [0.25, 0.3) is 5.69 Å². The highest BCUT2D eigenvalue weighted by atomic mass is 35.5. The SMILES string of the molecule is C/C=C\C.C=CC(=C)n1ncc2c(/C(C)=C/C=C\c3cc4ccccc4cc3Cl)c([N+](=O)[O-])ccc21.CC. The van der Waals surface area contributed by atoms with Crippen molar-refractivity contribution < 1.29 is 4.92 Å². The lowest BCUT2D eigenvalue weighted by molar-refractivity contribution is -0.385. The number of hydrogen-bond acceptors (Lipinski definition) is 3. The molecule has 4 rings (SSSR count). The molecule has 196 valence electrons. The zero-order chi connectivity index (χ0) is 28.2. The summed E-state index contributed by atoms with van der Waals surface area (Å²) in [5.74, 6) is 0. The van der Waals surface area contributed by atoms with Crippen LogP contribution in [-0.2, 0) is 0 Å². The second-order valence-corrected chi connectivity index (χ2v) is 8.40. The van der Waals surface area contributed by atoms with Gasteiger partial charge in [-0.2, -0.15) is 5.10 Å². The van der Waals surface area contributed by atoms with Gasteiger partial charge in [0.15, 0.2) is 0 Å². The summed E-state index contributed by atoms with van der Waals surface area (Å²) in [6.45, 7) is 17.5. The fourth-order valence-electron chi connectivity index (χ4n) is 3.71. The van der Waals surface area contributed by atoms with Crippen LogP contribution in [0.3, 0.4) is 0 Å². The van der Waals surface area contributed by atoms with Crippen LogP contribution in [0.15, 0.2) is 98.3 Å². The lowest BCUT2D eigenvalue weighted by Gasteiger charge is -2.07. The molecule has 0 fully saturated rings. The van der Waals surface area contributed by atoms with E-state index in [4.69, 9.17) is 11.6 Å². The highest BCUT2D eigenvalue weighted by molar-refractivity contribution is 6.32. The van der Waals surface area contributed by atoms with E-state index >= 15 is 0 Å². The van der Waals surface area contributed by atoms with E-state index in [0.29, 0.717) is 21.7 Å². The molecule has 4 aromatic rings. The summed E-state index contributed by atoms with van der Waals surface area (Å²) in [6, 6.07) is 15.1. The van der Waals surface area contributed by atoms with E-state index in [1.807, 2.05) is 101 Å². The van der Waals surface area contributed by atoms with Crippen LogP contribution in [-0.4, -0.2) is 14.7 Å². The van der Waals surface area contributed by atoms with E-state index in [-0.39, 0.29) is 10.6 Å². The topological polar surface area (TPSA) is 61.0 Å². The van der Waals surface area contributed by atoms with Crippen LogP contribution in [0.4, 0.5) is 5.69 Å². The molecule has 0 aliphatic rings. The molecule has 0 aliphatic heterocycles. The number of benzene rings is 3. The second kappa shape index (κ2) is 14.5. The molecule has 0 aliphatic carbocycles. The molecule has 0 spiro atoms. The Morgan fingerprint density at radius 3 is 2.29 bits per heavy atom. The molecule has 6 heteroatoms. The van der Waals surface area contributed by atoms with Gasteiger partial charge in [-0.05, 0) is 67.0 Å². The number of halogens is 1. The van der Waals surface area contributed by atoms with Crippen molar-refractivity contribution >= 4 is 56.3 Å². The van der Waals surface area contributed by atoms with Gasteiger partial charge < -0.3 is 0 Å². The molecule has 5 nitrogen and oxygen atoms in total. The van der Waals surface area contributed by atoms with Gasteiger partial charge in [0.05, 0.1) is 27.9 Å². The predicted octanol–water partition coefficient (Wildman–Crippen LogP) is 10.1. The van der Waals surface area contributed by atoms with E-state index in [1.165, 1.54) is 6.07 Å². The molecule has 0 N–H and O–H groups in total. The molecule has 0 saturated heterocycles. The van der Waals surface area contributed by atoms with Crippen LogP contribution in [0.25, 0.3) is 39.0 Å². The largest absolute Gasteiger partial charge is 0.277 e. The van der Waals surface area contributed by atoms with Crippen LogP contribution in [0.2, 0.25) is 5.02 Å². The number of nitrogens with zero attached hydrogens (tertiary/aromatic N) is 3. The lowest BCUT2D eigenvalue weighted by atomic mass is 10.00. The van der Waals surface area contributed by atoms with Crippen molar-refractivity contribution in [3.8, 4) is 0 Å². The summed E-state index contributed by atoms with van der Waals surface area (Å²) in [4.78, 5) is 11.3. The van der Waals surface area contributed by atoms with Gasteiger partial charge in [-0.15, -0.1) is 0 Å². The third kappa shape index (κ3) is 6.96. The Labute approximate surface area is 229 Å². The summed E-state index contributed by atoms with van der Waals surface area (Å²) in [5.41, 5.74) is 3.46. The maximum Gasteiger partial charge on any atom is 0.277 e. The Bertz CT molecular complexity index is 1540. The van der Waals surface area contributed by atoms with E-state index in [9.17, 15) is 10.1 Å². The minimum Gasteiger partial charge on any atom is -0.258 e. The number of aromatic nitrogens is 2. The Morgan fingerprint density at radius 2 is 1.71 bits per heavy atom. The Kier molecular flexibility index (Phi) is 11.5. The van der Waals surface area contributed by atoms with Crippen LogP contribution >= 0.6 is 11.6 Å². The third-order valence-corrected chi connectivity index (χ3v) is 5.98. The quantitative estimate of drug-likeness (QED) is 0.108. The van der Waals surface area contributed by atoms with Gasteiger partial charge in [-0.1, -0.05) is 93.3 Å². The summed E-state index contributed by atoms with van der Waals surface area (Å²) < 4.78 is 1.62. The first-order valence-corrected chi connectivity index (χ1v) is 12.8. The highest BCUT2D eigenvalue weighted by Gasteiger charge is 2.20. The molecule has 0 saturated carbocycles. The van der Waals surface area contributed by atoms with Crippen LogP contribution in [0.5, 0.6) is 0 Å². The number of hydrogen-bond donors (Lipinski definition) is 0. The molecule has 3 aromatic carbocycles. The molecule has 0 amide bonds. The first-order valence-electron chi connectivity index (χ1n) is 12.4. The molecular weight excluding hydrogens is 494 g/mol. The zero-order valence-corrected chi connectivity index (χ0v) is 23.4. The van der Waals surface area contributed by atoms with E-state index in [2.05, 4.69) is 18.3 Å². The van der Waals surface area contributed by atoms with Crippen molar-refractivity contribution in [2.24, 2.45) is 0 Å². The van der Waals surface area contributed by atoms with Crippen molar-refractivity contribution in [3.63, 3.8) is 0 Å². The minimum atomic E-state index is -0.379. The number of allylic oxidation sites excluding steroid dienone is 7. The summed E-state index contributed by atoms with van der Waals surface area (Å²) in [6.07, 6.45) is 12.8. The average Bonchev–Trinajstić information content (AvgIpc) is 3.37. The van der Waals surface area contributed by atoms with E-state index in [0.717, 1.165) is 27.4 Å². The zero-order valence-electron chi connectivity index (χ0n) is 22.6. The van der Waals surface area contributed by atoms with E-state index < -0.39 is 0 Å². The molecule has 38 heavy (non-hydrogen) atoms. The van der Waals surface area contributed by atoms with Crippen LogP contribution in [0.1, 0.15) is 45.7 Å².